The number of thioether (sulfide) groups is 2. The van der Waals surface area contributed by atoms with Crippen LogP contribution in [0.5, 0.6) is 0 Å². The summed E-state index contributed by atoms with van der Waals surface area (Å²) in [6.45, 7) is 9.04. The van der Waals surface area contributed by atoms with E-state index >= 15 is 0 Å². The summed E-state index contributed by atoms with van der Waals surface area (Å²) in [4.78, 5) is 0. The minimum Gasteiger partial charge on any atom is -1.00 e. The Morgan fingerprint density at radius 1 is 0.786 bits per heavy atom. The van der Waals surface area contributed by atoms with Gasteiger partial charge in [0.2, 0.25) is 0 Å². The first-order chi connectivity index (χ1) is 11.7. The summed E-state index contributed by atoms with van der Waals surface area (Å²) in [7, 11) is 0. The molecule has 0 bridgehead atoms. The second kappa shape index (κ2) is 24.9. The molecule has 2 aliphatic rings. The van der Waals surface area contributed by atoms with Crippen LogP contribution in [0.1, 0.15) is 66.2 Å². The Balaban J connectivity index is -0.000000180. The topological polar surface area (TPSA) is 0 Å². The molecule has 0 aromatic heterocycles. The molecule has 0 aromatic rings. The standard InChI is InChI=1S/2C11H17S.2ClH.2Ti/c2*1-3-4-9-12-10(2)11-7-5-6-8-11;;;;/h2*5,7,10H,3-4,6,9H2,1-2H3;2*1H;;/q2*-1;;;2*+2/p-2. The van der Waals surface area contributed by atoms with Gasteiger partial charge in [-0.05, 0) is 34.8 Å². The normalized spacial score (nSPS) is 15.4. The Bertz CT molecular complexity index is 421. The van der Waals surface area contributed by atoms with Crippen LogP contribution in [0, 0.1) is 12.2 Å². The van der Waals surface area contributed by atoms with Gasteiger partial charge in [-0.3, -0.25) is 12.2 Å². The largest absolute Gasteiger partial charge is 2.00 e. The van der Waals surface area contributed by atoms with Gasteiger partial charge >= 0.3 is 43.4 Å². The first-order valence-corrected chi connectivity index (χ1v) is 11.6. The van der Waals surface area contributed by atoms with E-state index in [0.717, 1.165) is 12.8 Å². The van der Waals surface area contributed by atoms with Crippen LogP contribution in [-0.2, 0) is 43.4 Å². The van der Waals surface area contributed by atoms with E-state index in [1.165, 1.54) is 48.3 Å². The number of unbranched alkanes of at least 4 members (excludes halogenated alkanes) is 2. The third-order valence-electron chi connectivity index (χ3n) is 4.05. The van der Waals surface area contributed by atoms with Gasteiger partial charge in [-0.25, -0.2) is 23.3 Å². The van der Waals surface area contributed by atoms with Crippen molar-refractivity contribution in [3.8, 4) is 0 Å². The molecule has 0 spiro atoms. The van der Waals surface area contributed by atoms with Gasteiger partial charge in [-0.2, -0.15) is 35.7 Å². The minimum absolute atomic E-state index is 0. The molecule has 6 heteroatoms. The maximum Gasteiger partial charge on any atom is 2.00 e. The second-order valence-electron chi connectivity index (χ2n) is 6.21. The second-order valence-corrected chi connectivity index (χ2v) is 9.11. The van der Waals surface area contributed by atoms with E-state index in [4.69, 9.17) is 0 Å². The van der Waals surface area contributed by atoms with Gasteiger partial charge in [0.15, 0.2) is 0 Å². The fraction of sp³-hybridized carbons (Fsp3) is 0.636. The van der Waals surface area contributed by atoms with Gasteiger partial charge in [0, 0.05) is 0 Å². The third kappa shape index (κ3) is 17.4. The minimum atomic E-state index is 0. The first kappa shape index (κ1) is 37.0. The molecule has 2 aliphatic carbocycles. The molecule has 0 nitrogen and oxygen atoms in total. The Hall–Kier alpha value is 1.67. The van der Waals surface area contributed by atoms with Gasteiger partial charge in [-0.1, -0.05) is 40.5 Å². The van der Waals surface area contributed by atoms with Crippen molar-refractivity contribution in [2.24, 2.45) is 0 Å². The molecule has 0 fully saturated rings. The summed E-state index contributed by atoms with van der Waals surface area (Å²) in [5, 5.41) is 1.30. The van der Waals surface area contributed by atoms with Crippen molar-refractivity contribution in [3.05, 3.63) is 47.6 Å². The fourth-order valence-corrected chi connectivity index (χ4v) is 4.69. The average Bonchev–Trinajstić information content (AvgIpc) is 3.29. The smallest absolute Gasteiger partial charge is 1.00 e. The van der Waals surface area contributed by atoms with Crippen LogP contribution in [-0.4, -0.2) is 22.0 Å². The van der Waals surface area contributed by atoms with E-state index in [1.807, 2.05) is 23.5 Å². The van der Waals surface area contributed by atoms with Gasteiger partial charge < -0.3 is 24.8 Å². The van der Waals surface area contributed by atoms with Crippen molar-refractivity contribution >= 4 is 23.5 Å². The SMILES string of the molecule is CCCCSC(C)C1=[C-]CC=C1.CCCCSC(C)C1=[C-]CC=C1.[Cl-].[Cl-].[Ti+2].[Ti+2]. The molecule has 28 heavy (non-hydrogen) atoms. The van der Waals surface area contributed by atoms with Crippen LogP contribution >= 0.6 is 23.5 Å². The van der Waals surface area contributed by atoms with E-state index in [2.05, 4.69) is 64.2 Å². The summed E-state index contributed by atoms with van der Waals surface area (Å²) >= 11 is 4.09. The van der Waals surface area contributed by atoms with E-state index in [1.54, 1.807) is 0 Å². The predicted octanol–water partition coefficient (Wildman–Crippen LogP) is 1.20. The monoisotopic (exact) mass is 528 g/mol. The molecule has 0 amide bonds. The zero-order valence-corrected chi connectivity index (χ0v) is 24.0. The molecular formula is C22H34Cl2S2Ti2. The molecule has 2 rings (SSSR count). The number of hydrogen-bond acceptors (Lipinski definition) is 2. The van der Waals surface area contributed by atoms with Crippen molar-refractivity contribution < 1.29 is 68.2 Å². The Morgan fingerprint density at radius 3 is 1.39 bits per heavy atom. The summed E-state index contributed by atoms with van der Waals surface area (Å²) < 4.78 is 0. The average molecular weight is 529 g/mol. The molecule has 0 aliphatic heterocycles. The van der Waals surface area contributed by atoms with Crippen LogP contribution in [0.15, 0.2) is 35.5 Å². The molecule has 0 radical (unpaired) electrons. The van der Waals surface area contributed by atoms with Crippen LogP contribution in [0.2, 0.25) is 0 Å². The summed E-state index contributed by atoms with van der Waals surface area (Å²) in [6.07, 6.45) is 22.9. The van der Waals surface area contributed by atoms with E-state index < -0.39 is 0 Å². The fourth-order valence-electron chi connectivity index (χ4n) is 2.39. The maximum atomic E-state index is 3.37. The number of rotatable bonds is 10. The number of halogens is 2. The summed E-state index contributed by atoms with van der Waals surface area (Å²) in [6, 6.07) is 0. The zero-order chi connectivity index (χ0) is 17.6. The quantitative estimate of drug-likeness (QED) is 0.237. The maximum absolute atomic E-state index is 3.37. The Morgan fingerprint density at radius 2 is 1.14 bits per heavy atom. The third-order valence-corrected chi connectivity index (χ3v) is 6.61. The van der Waals surface area contributed by atoms with Gasteiger partial charge in [0.05, 0.1) is 0 Å². The molecule has 156 valence electrons. The van der Waals surface area contributed by atoms with Crippen LogP contribution < -0.4 is 24.8 Å². The van der Waals surface area contributed by atoms with Gasteiger partial charge in [0.1, 0.15) is 0 Å². The Kier molecular flexibility index (Phi) is 33.0. The predicted molar refractivity (Wildman–Crippen MR) is 115 cm³/mol. The molecule has 0 heterocycles. The zero-order valence-electron chi connectivity index (χ0n) is 17.7. The summed E-state index contributed by atoms with van der Waals surface area (Å²) in [5.74, 6) is 2.58. The molecule has 2 unspecified atom stereocenters. The van der Waals surface area contributed by atoms with Crippen molar-refractivity contribution in [2.45, 2.75) is 76.7 Å². The Labute approximate surface area is 225 Å². The molecule has 0 saturated carbocycles. The summed E-state index contributed by atoms with van der Waals surface area (Å²) in [5.41, 5.74) is 2.80. The van der Waals surface area contributed by atoms with Crippen LogP contribution in [0.4, 0.5) is 0 Å². The van der Waals surface area contributed by atoms with Gasteiger partial charge in [0.25, 0.3) is 0 Å². The molecule has 0 N–H and O–H groups in total. The van der Waals surface area contributed by atoms with Crippen molar-refractivity contribution in [2.75, 3.05) is 11.5 Å². The number of hydrogen-bond donors (Lipinski definition) is 0. The molecule has 0 saturated heterocycles. The van der Waals surface area contributed by atoms with Gasteiger partial charge in [-0.15, -0.1) is 12.8 Å². The van der Waals surface area contributed by atoms with E-state index in [-0.39, 0.29) is 68.2 Å². The molecule has 2 atom stereocenters. The van der Waals surface area contributed by atoms with Crippen LogP contribution in [0.3, 0.4) is 0 Å². The van der Waals surface area contributed by atoms with Crippen molar-refractivity contribution in [1.29, 1.82) is 0 Å². The molecule has 0 aromatic carbocycles. The molecular weight excluding hydrogens is 495 g/mol. The van der Waals surface area contributed by atoms with E-state index in [0.29, 0.717) is 10.5 Å². The van der Waals surface area contributed by atoms with Crippen LogP contribution in [0.25, 0.3) is 0 Å². The van der Waals surface area contributed by atoms with Crippen molar-refractivity contribution in [1.82, 2.24) is 0 Å². The van der Waals surface area contributed by atoms with E-state index in [9.17, 15) is 0 Å². The first-order valence-electron chi connectivity index (χ1n) is 9.46. The van der Waals surface area contributed by atoms with Crippen molar-refractivity contribution in [3.63, 3.8) is 0 Å². The number of allylic oxidation sites excluding steroid dienone is 6.